The number of hydrogen-bond donors (Lipinski definition) is 2. The highest BCUT2D eigenvalue weighted by Crippen LogP contribution is 1.85. The molecule has 0 heterocycles. The predicted octanol–water partition coefficient (Wildman–Crippen LogP) is -2.38. The van der Waals surface area contributed by atoms with Gasteiger partial charge in [0.2, 0.25) is 0 Å². The Bertz CT molecular complexity index is 58.5. The van der Waals surface area contributed by atoms with Gasteiger partial charge in [-0.2, -0.15) is 0 Å². The molecule has 5 heteroatoms. The molecule has 0 saturated heterocycles. The molecule has 0 unspecified atom stereocenters. The lowest BCUT2D eigenvalue weighted by Gasteiger charge is -2.00. The van der Waals surface area contributed by atoms with Crippen LogP contribution in [0.2, 0.25) is 6.04 Å². The maximum atomic E-state index is 5.29. The molecule has 0 atom stereocenters. The first-order valence-corrected chi connectivity index (χ1v) is 5.39. The van der Waals surface area contributed by atoms with Gasteiger partial charge in [0.25, 0.3) is 0 Å². The summed E-state index contributed by atoms with van der Waals surface area (Å²) in [5.74, 6) is 0. The second-order valence-corrected chi connectivity index (χ2v) is 3.93. The standard InChI is InChI=1S/C6H18N2OSi.H4Si/c1-9-10-6-2-4-8-5-3-7;/h8H,2-7,10H2,1H3;1H4. The maximum absolute atomic E-state index is 5.29. The molecule has 0 aliphatic heterocycles. The van der Waals surface area contributed by atoms with Crippen molar-refractivity contribution in [3.05, 3.63) is 0 Å². The van der Waals surface area contributed by atoms with Crippen LogP contribution in [-0.4, -0.2) is 47.5 Å². The van der Waals surface area contributed by atoms with Crippen LogP contribution in [0.4, 0.5) is 0 Å². The van der Waals surface area contributed by atoms with Gasteiger partial charge in [0, 0.05) is 20.2 Å². The zero-order valence-electron chi connectivity index (χ0n) is 6.73. The predicted molar refractivity (Wildman–Crippen MR) is 58.2 cm³/mol. The van der Waals surface area contributed by atoms with E-state index in [2.05, 4.69) is 5.32 Å². The summed E-state index contributed by atoms with van der Waals surface area (Å²) in [7, 11) is 1.61. The molecule has 3 N–H and O–H groups in total. The quantitative estimate of drug-likeness (QED) is 0.352. The maximum Gasteiger partial charge on any atom is 0.161 e. The van der Waals surface area contributed by atoms with Crippen molar-refractivity contribution in [3.8, 4) is 0 Å². The summed E-state index contributed by atoms with van der Waals surface area (Å²) in [4.78, 5) is 0. The molecule has 0 fully saturated rings. The summed E-state index contributed by atoms with van der Waals surface area (Å²) in [6.45, 7) is 2.77. The summed E-state index contributed by atoms with van der Waals surface area (Å²) >= 11 is 0. The van der Waals surface area contributed by atoms with E-state index in [9.17, 15) is 0 Å². The lowest BCUT2D eigenvalue weighted by atomic mass is 10.5. The SMILES string of the molecule is CO[SiH2]CCCNCCN.[SiH4]. The summed E-state index contributed by atoms with van der Waals surface area (Å²) in [6.07, 6.45) is 1.24. The van der Waals surface area contributed by atoms with Crippen molar-refractivity contribution >= 4 is 20.7 Å². The van der Waals surface area contributed by atoms with E-state index in [4.69, 9.17) is 10.2 Å². The molecule has 11 heavy (non-hydrogen) atoms. The van der Waals surface area contributed by atoms with Gasteiger partial charge in [-0.3, -0.25) is 0 Å². The number of nitrogens with one attached hydrogen (secondary N) is 1. The Morgan fingerprint density at radius 2 is 2.18 bits per heavy atom. The van der Waals surface area contributed by atoms with Gasteiger partial charge in [-0.05, 0) is 30.0 Å². The zero-order valence-corrected chi connectivity index (χ0v) is 8.14. The molecule has 0 aliphatic rings. The van der Waals surface area contributed by atoms with Gasteiger partial charge in [0.15, 0.2) is 9.76 Å². The average molecular weight is 194 g/mol. The molecular formula is C6H22N2OSi2. The third kappa shape index (κ3) is 13.3. The van der Waals surface area contributed by atoms with E-state index in [1.54, 1.807) is 7.11 Å². The van der Waals surface area contributed by atoms with Crippen LogP contribution < -0.4 is 11.1 Å². The Hall–Kier alpha value is 0.314. The monoisotopic (exact) mass is 194 g/mol. The number of nitrogens with two attached hydrogens (primary N) is 1. The van der Waals surface area contributed by atoms with E-state index in [1.165, 1.54) is 12.5 Å². The minimum absolute atomic E-state index is 0. The second-order valence-electron chi connectivity index (χ2n) is 2.24. The third-order valence-electron chi connectivity index (χ3n) is 1.27. The minimum atomic E-state index is -0.184. The second kappa shape index (κ2) is 12.9. The Labute approximate surface area is 76.0 Å². The highest BCUT2D eigenvalue weighted by molar-refractivity contribution is 6.26. The summed E-state index contributed by atoms with van der Waals surface area (Å²) in [5, 5.41) is 3.24. The summed E-state index contributed by atoms with van der Waals surface area (Å²) in [6, 6.07) is 1.27. The van der Waals surface area contributed by atoms with Gasteiger partial charge in [-0.15, -0.1) is 0 Å². The van der Waals surface area contributed by atoms with Crippen molar-refractivity contribution in [2.24, 2.45) is 5.73 Å². The Morgan fingerprint density at radius 3 is 2.73 bits per heavy atom. The van der Waals surface area contributed by atoms with E-state index >= 15 is 0 Å². The van der Waals surface area contributed by atoms with Crippen molar-refractivity contribution in [1.82, 2.24) is 5.32 Å². The van der Waals surface area contributed by atoms with Crippen LogP contribution in [0, 0.1) is 0 Å². The molecule has 3 nitrogen and oxygen atoms in total. The normalized spacial score (nSPS) is 10.4. The molecule has 0 aliphatic carbocycles. The molecular weight excluding hydrogens is 172 g/mol. The van der Waals surface area contributed by atoms with Crippen molar-refractivity contribution in [2.75, 3.05) is 26.7 Å². The van der Waals surface area contributed by atoms with Gasteiger partial charge in [-0.1, -0.05) is 0 Å². The van der Waals surface area contributed by atoms with Crippen LogP contribution in [0.25, 0.3) is 0 Å². The van der Waals surface area contributed by atoms with Gasteiger partial charge in [0.1, 0.15) is 0 Å². The van der Waals surface area contributed by atoms with Crippen LogP contribution in [0.5, 0.6) is 0 Å². The Kier molecular flexibility index (Phi) is 16.3. The van der Waals surface area contributed by atoms with Crippen molar-refractivity contribution in [3.63, 3.8) is 0 Å². The van der Waals surface area contributed by atoms with Crippen LogP contribution in [0.15, 0.2) is 0 Å². The lowest BCUT2D eigenvalue weighted by Crippen LogP contribution is -2.23. The fraction of sp³-hybridized carbons (Fsp3) is 1.00. The number of rotatable bonds is 7. The van der Waals surface area contributed by atoms with E-state index in [1.807, 2.05) is 0 Å². The fourth-order valence-corrected chi connectivity index (χ4v) is 1.47. The highest BCUT2D eigenvalue weighted by Gasteiger charge is 1.87. The zero-order chi connectivity index (χ0) is 7.66. The Morgan fingerprint density at radius 1 is 1.45 bits per heavy atom. The highest BCUT2D eigenvalue weighted by atomic mass is 28.2. The van der Waals surface area contributed by atoms with Gasteiger partial charge < -0.3 is 15.5 Å². The molecule has 0 bridgehead atoms. The van der Waals surface area contributed by atoms with Crippen molar-refractivity contribution < 1.29 is 4.43 Å². The van der Waals surface area contributed by atoms with Crippen molar-refractivity contribution in [2.45, 2.75) is 12.5 Å². The first-order chi connectivity index (χ1) is 4.91. The molecule has 70 valence electrons. The smallest absolute Gasteiger partial charge is 0.161 e. The molecule has 0 radical (unpaired) electrons. The van der Waals surface area contributed by atoms with Crippen LogP contribution in [-0.2, 0) is 4.43 Å². The van der Waals surface area contributed by atoms with Gasteiger partial charge in [0.05, 0.1) is 0 Å². The fourth-order valence-electron chi connectivity index (χ4n) is 0.723. The Balaban J connectivity index is 0. The average Bonchev–Trinajstić information content (AvgIpc) is 1.97. The van der Waals surface area contributed by atoms with Crippen LogP contribution >= 0.6 is 0 Å². The van der Waals surface area contributed by atoms with E-state index in [0.29, 0.717) is 0 Å². The van der Waals surface area contributed by atoms with E-state index in [-0.39, 0.29) is 20.7 Å². The van der Waals surface area contributed by atoms with Crippen molar-refractivity contribution in [1.29, 1.82) is 0 Å². The summed E-state index contributed by atoms with van der Waals surface area (Å²) in [5.41, 5.74) is 5.29. The molecule has 0 aromatic heterocycles. The molecule has 0 saturated carbocycles. The number of hydrogen-bond acceptors (Lipinski definition) is 3. The largest absolute Gasteiger partial charge is 0.427 e. The molecule has 0 amide bonds. The van der Waals surface area contributed by atoms with Gasteiger partial charge >= 0.3 is 0 Å². The van der Waals surface area contributed by atoms with E-state index < -0.39 is 0 Å². The van der Waals surface area contributed by atoms with Gasteiger partial charge in [-0.25, -0.2) is 0 Å². The molecule has 0 rings (SSSR count). The van der Waals surface area contributed by atoms with Crippen LogP contribution in [0.3, 0.4) is 0 Å². The first kappa shape index (κ1) is 13.9. The minimum Gasteiger partial charge on any atom is -0.427 e. The van der Waals surface area contributed by atoms with Crippen LogP contribution in [0.1, 0.15) is 6.42 Å². The molecule has 0 spiro atoms. The molecule has 0 aromatic carbocycles. The third-order valence-corrected chi connectivity index (χ3v) is 2.47. The summed E-state index contributed by atoms with van der Waals surface area (Å²) < 4.78 is 5.03. The molecule has 0 aromatic rings. The first-order valence-electron chi connectivity index (χ1n) is 3.81. The topological polar surface area (TPSA) is 47.3 Å². The lowest BCUT2D eigenvalue weighted by molar-refractivity contribution is 0.439. The van der Waals surface area contributed by atoms with E-state index in [0.717, 1.165) is 19.6 Å².